The molecule has 2 N–H and O–H groups in total. The van der Waals surface area contributed by atoms with Gasteiger partial charge in [0.25, 0.3) is 6.43 Å². The molecule has 42 valence electrons. The lowest BCUT2D eigenvalue weighted by Crippen LogP contribution is -2.16. The second-order valence-corrected chi connectivity index (χ2v) is 0.903. The standard InChI is InChI=1S/C3H4F3N/c4-2(1-7)3(5)6/h2-3H,7H2. The topological polar surface area (TPSA) is 26.0 Å². The maximum Gasteiger partial charge on any atom is 0.271 e. The minimum atomic E-state index is -3.04. The summed E-state index contributed by atoms with van der Waals surface area (Å²) in [7, 11) is 0. The molecule has 0 bridgehead atoms. The average molecular weight is 111 g/mol. The van der Waals surface area contributed by atoms with Crippen LogP contribution in [0, 0.1) is 6.54 Å². The Hall–Kier alpha value is -0.250. The number of nitrogens with two attached hydrogens (primary N) is 1. The fourth-order valence-electron chi connectivity index (χ4n) is 0.0727. The minimum Gasteiger partial charge on any atom is -0.319 e. The van der Waals surface area contributed by atoms with Crippen molar-refractivity contribution in [2.75, 3.05) is 0 Å². The molecule has 2 radical (unpaired) electrons. The van der Waals surface area contributed by atoms with E-state index in [4.69, 9.17) is 0 Å². The van der Waals surface area contributed by atoms with Crippen LogP contribution in [-0.2, 0) is 0 Å². The third-order valence-electron chi connectivity index (χ3n) is 0.380. The van der Waals surface area contributed by atoms with Crippen LogP contribution < -0.4 is 5.73 Å². The molecule has 0 saturated carbocycles. The first-order chi connectivity index (χ1) is 3.18. The molecule has 1 unspecified atom stereocenters. The molecule has 0 aliphatic rings. The van der Waals surface area contributed by atoms with Crippen LogP contribution in [-0.4, -0.2) is 12.6 Å². The molecule has 4 heteroatoms. The van der Waals surface area contributed by atoms with Crippen LogP contribution >= 0.6 is 0 Å². The first-order valence-electron chi connectivity index (χ1n) is 1.57. The predicted molar refractivity (Wildman–Crippen MR) is 18.3 cm³/mol. The van der Waals surface area contributed by atoms with Crippen LogP contribution in [0.4, 0.5) is 13.2 Å². The van der Waals surface area contributed by atoms with Gasteiger partial charge in [-0.1, -0.05) is 0 Å². The summed E-state index contributed by atoms with van der Waals surface area (Å²) in [6.07, 6.45) is -5.44. The first-order valence-corrected chi connectivity index (χ1v) is 1.57. The van der Waals surface area contributed by atoms with Gasteiger partial charge in [0, 0.05) is 0 Å². The van der Waals surface area contributed by atoms with Crippen molar-refractivity contribution in [3.05, 3.63) is 6.54 Å². The zero-order chi connectivity index (χ0) is 5.86. The Bertz CT molecular complexity index is 47.4. The lowest BCUT2D eigenvalue weighted by molar-refractivity contribution is 0.0664. The van der Waals surface area contributed by atoms with Gasteiger partial charge in [-0.25, -0.2) is 13.2 Å². The largest absolute Gasteiger partial charge is 0.319 e. The SMILES string of the molecule is N[C]C(F)C(F)F. The fraction of sp³-hybridized carbons (Fsp3) is 0.667. The lowest BCUT2D eigenvalue weighted by atomic mass is 10.4. The van der Waals surface area contributed by atoms with Crippen LogP contribution in [0.25, 0.3) is 0 Å². The van der Waals surface area contributed by atoms with Gasteiger partial charge in [-0.3, -0.25) is 0 Å². The second kappa shape index (κ2) is 2.85. The van der Waals surface area contributed by atoms with Crippen LogP contribution in [0.3, 0.4) is 0 Å². The number of hydrogen-bond acceptors (Lipinski definition) is 1. The molecule has 0 rings (SSSR count). The maximum absolute atomic E-state index is 11.3. The van der Waals surface area contributed by atoms with E-state index in [-0.39, 0.29) is 0 Å². The van der Waals surface area contributed by atoms with Gasteiger partial charge in [-0.2, -0.15) is 0 Å². The molecule has 0 amide bonds. The molecule has 0 aliphatic heterocycles. The molecule has 0 aromatic heterocycles. The summed E-state index contributed by atoms with van der Waals surface area (Å²) in [5.41, 5.74) is 4.27. The van der Waals surface area contributed by atoms with E-state index >= 15 is 0 Å². The van der Waals surface area contributed by atoms with Crippen molar-refractivity contribution in [3.63, 3.8) is 0 Å². The Balaban J connectivity index is 3.14. The fourth-order valence-corrected chi connectivity index (χ4v) is 0.0727. The molecule has 0 aromatic rings. The zero-order valence-electron chi connectivity index (χ0n) is 3.37. The number of hydrogen-bond donors (Lipinski definition) is 1. The molecule has 0 heterocycles. The molecule has 1 atom stereocenters. The molecule has 0 spiro atoms. The van der Waals surface area contributed by atoms with E-state index in [1.165, 1.54) is 6.54 Å². The van der Waals surface area contributed by atoms with Crippen molar-refractivity contribution < 1.29 is 13.2 Å². The highest BCUT2D eigenvalue weighted by Gasteiger charge is 2.16. The number of rotatable bonds is 2. The third kappa shape index (κ3) is 2.45. The van der Waals surface area contributed by atoms with Gasteiger partial charge in [-0.05, 0) is 0 Å². The summed E-state index contributed by atoms with van der Waals surface area (Å²) in [6, 6.07) is 0. The molecular weight excluding hydrogens is 107 g/mol. The molecule has 0 aliphatic carbocycles. The molecule has 7 heavy (non-hydrogen) atoms. The van der Waals surface area contributed by atoms with Gasteiger partial charge in [0.15, 0.2) is 6.17 Å². The normalized spacial score (nSPS) is 15.0. The van der Waals surface area contributed by atoms with Crippen molar-refractivity contribution in [2.45, 2.75) is 12.6 Å². The Morgan fingerprint density at radius 3 is 1.71 bits per heavy atom. The Labute approximate surface area is 39.3 Å². The van der Waals surface area contributed by atoms with Crippen LogP contribution in [0.1, 0.15) is 0 Å². The van der Waals surface area contributed by atoms with E-state index in [1.54, 1.807) is 0 Å². The highest BCUT2D eigenvalue weighted by molar-refractivity contribution is 4.69. The lowest BCUT2D eigenvalue weighted by Gasteiger charge is -1.97. The Morgan fingerprint density at radius 1 is 1.29 bits per heavy atom. The van der Waals surface area contributed by atoms with Gasteiger partial charge < -0.3 is 5.73 Å². The van der Waals surface area contributed by atoms with Crippen molar-refractivity contribution >= 4 is 0 Å². The van der Waals surface area contributed by atoms with Crippen molar-refractivity contribution in [1.29, 1.82) is 0 Å². The van der Waals surface area contributed by atoms with E-state index in [1.807, 2.05) is 0 Å². The Morgan fingerprint density at radius 2 is 1.71 bits per heavy atom. The number of halogens is 3. The average Bonchev–Trinajstić information content (AvgIpc) is 1.65. The smallest absolute Gasteiger partial charge is 0.271 e. The molecule has 1 nitrogen and oxygen atoms in total. The van der Waals surface area contributed by atoms with E-state index < -0.39 is 12.6 Å². The summed E-state index contributed by atoms with van der Waals surface area (Å²) < 4.78 is 33.1. The monoisotopic (exact) mass is 111 g/mol. The van der Waals surface area contributed by atoms with E-state index in [0.29, 0.717) is 0 Å². The predicted octanol–water partition coefficient (Wildman–Crippen LogP) is 0.587. The number of alkyl halides is 3. The third-order valence-corrected chi connectivity index (χ3v) is 0.380. The van der Waals surface area contributed by atoms with Crippen molar-refractivity contribution in [2.24, 2.45) is 5.73 Å². The van der Waals surface area contributed by atoms with Gasteiger partial charge >= 0.3 is 0 Å². The zero-order valence-corrected chi connectivity index (χ0v) is 3.37. The highest BCUT2D eigenvalue weighted by Crippen LogP contribution is 2.04. The molecule has 0 saturated heterocycles. The summed E-state index contributed by atoms with van der Waals surface area (Å²) in [6.45, 7) is 1.25. The van der Waals surface area contributed by atoms with Crippen LogP contribution in [0.15, 0.2) is 0 Å². The maximum atomic E-state index is 11.3. The van der Waals surface area contributed by atoms with E-state index in [0.717, 1.165) is 0 Å². The van der Waals surface area contributed by atoms with Gasteiger partial charge in [0.1, 0.15) is 0 Å². The van der Waals surface area contributed by atoms with Crippen LogP contribution in [0.5, 0.6) is 0 Å². The first kappa shape index (κ1) is 6.75. The summed E-state index contributed by atoms with van der Waals surface area (Å²) in [5, 5.41) is 0. The second-order valence-electron chi connectivity index (χ2n) is 0.903. The quantitative estimate of drug-likeness (QED) is 0.518. The van der Waals surface area contributed by atoms with Gasteiger partial charge in [0.2, 0.25) is 0 Å². The van der Waals surface area contributed by atoms with Gasteiger partial charge in [-0.15, -0.1) is 0 Å². The van der Waals surface area contributed by atoms with Crippen molar-refractivity contribution in [3.8, 4) is 0 Å². The van der Waals surface area contributed by atoms with Gasteiger partial charge in [0.05, 0.1) is 6.54 Å². The van der Waals surface area contributed by atoms with Crippen LogP contribution in [0.2, 0.25) is 0 Å². The summed E-state index contributed by atoms with van der Waals surface area (Å²) >= 11 is 0. The Kier molecular flexibility index (Phi) is 2.75. The molecular formula is C3H4F3N. The summed E-state index contributed by atoms with van der Waals surface area (Å²) in [4.78, 5) is 0. The summed E-state index contributed by atoms with van der Waals surface area (Å²) in [5.74, 6) is 0. The molecule has 0 fully saturated rings. The van der Waals surface area contributed by atoms with E-state index in [2.05, 4.69) is 5.73 Å². The highest BCUT2D eigenvalue weighted by atomic mass is 19.3. The molecule has 0 aromatic carbocycles. The minimum absolute atomic E-state index is 1.25. The van der Waals surface area contributed by atoms with E-state index in [9.17, 15) is 13.2 Å². The van der Waals surface area contributed by atoms with Crippen molar-refractivity contribution in [1.82, 2.24) is 0 Å².